The standard InChI is InChI=1S/2C17H17O4P.4ClH.4Mn.2H2O.10O/c2*1-12(18)20-14-4-8-16(9-5-14)22(3)17-10-6-15(7-11-17)21-13(2)19;;;;;;;;;;;;;;;;;;;;/h2*4-11H,1-3H3;4*1H;;;;;2*1H2;;;;;;;;;;/q;;;;;;2*+1;2*+2;;;;;;;;;;;2*-1/p-4. The zero-order valence-electron chi connectivity index (χ0n) is 33.5. The number of carbonyl (C=O) groups excluding carboxylic acids is 4. The van der Waals surface area contributed by atoms with Crippen LogP contribution in [0.25, 0.3) is 0 Å². The van der Waals surface area contributed by atoms with E-state index in [1.54, 1.807) is 48.5 Å². The summed E-state index contributed by atoms with van der Waals surface area (Å²) in [5.74, 6) is 0.915. The van der Waals surface area contributed by atoms with Crippen LogP contribution < -0.4 is 48.5 Å². The van der Waals surface area contributed by atoms with E-state index >= 15 is 0 Å². The molecule has 2 N–H and O–H groups in total. The third-order valence-corrected chi connectivity index (χ3v) is 11.0. The molecule has 0 radical (unpaired) electrons. The first-order valence-corrected chi connectivity index (χ1v) is 32.6. The van der Waals surface area contributed by atoms with Crippen LogP contribution in [0.2, 0.25) is 0 Å². The minimum atomic E-state index is -4.90. The molecule has 30 heteroatoms. The number of hydrogen-bond donors (Lipinski definition) is 2. The van der Waals surface area contributed by atoms with Gasteiger partial charge in [0.1, 0.15) is 23.0 Å². The van der Waals surface area contributed by atoms with Crippen molar-refractivity contribution in [1.82, 2.24) is 0 Å². The van der Waals surface area contributed by atoms with E-state index in [-0.39, 0.29) is 23.9 Å². The number of rotatable bonds is 8. The van der Waals surface area contributed by atoms with Gasteiger partial charge < -0.3 is 18.9 Å². The summed E-state index contributed by atoms with van der Waals surface area (Å²) in [4.78, 5) is 43.6. The van der Waals surface area contributed by atoms with Crippen molar-refractivity contribution >= 4 is 101 Å². The Kier molecular flexibility index (Phi) is 30.0. The molecule has 0 aliphatic heterocycles. The van der Waals surface area contributed by atoms with Gasteiger partial charge in [0.25, 0.3) is 0 Å². The molecule has 0 aromatic heterocycles. The summed E-state index contributed by atoms with van der Waals surface area (Å²) in [6.45, 7) is 9.90. The Balaban J connectivity index is 0. The quantitative estimate of drug-likeness (QED) is 0.111. The monoisotopic (exact) mass is 1190 g/mol. The Morgan fingerprint density at radius 3 is 0.609 bits per heavy atom. The van der Waals surface area contributed by atoms with Gasteiger partial charge >= 0.3 is 160 Å². The molecule has 360 valence electrons. The Labute approximate surface area is 393 Å². The van der Waals surface area contributed by atoms with E-state index in [1.807, 2.05) is 48.5 Å². The third kappa shape index (κ3) is 41.8. The Morgan fingerprint density at radius 2 is 0.516 bits per heavy atom. The van der Waals surface area contributed by atoms with Gasteiger partial charge in [-0.15, -0.1) is 0 Å². The average molecular weight is 1190 g/mol. The van der Waals surface area contributed by atoms with Crippen molar-refractivity contribution in [3.63, 3.8) is 0 Å². The van der Waals surface area contributed by atoms with Crippen molar-refractivity contribution in [3.8, 4) is 23.0 Å². The van der Waals surface area contributed by atoms with E-state index in [2.05, 4.69) is 53.7 Å². The molecule has 0 saturated carbocycles. The molecule has 0 fully saturated rings. The predicted molar refractivity (Wildman–Crippen MR) is 211 cm³/mol. The summed E-state index contributed by atoms with van der Waals surface area (Å²) in [6.07, 6.45) is 0. The zero-order valence-corrected chi connectivity index (χ0v) is 43.2. The van der Waals surface area contributed by atoms with Crippen LogP contribution in [-0.4, -0.2) is 45.6 Å². The van der Waals surface area contributed by atoms with Crippen LogP contribution in [0.1, 0.15) is 27.7 Å². The summed E-state index contributed by atoms with van der Waals surface area (Å²) in [5, 5.41) is 4.84. The van der Waals surface area contributed by atoms with Gasteiger partial charge in [0, 0.05) is 27.7 Å². The molecular formula is C34H38Cl4Mn4O20P2. The maximum atomic E-state index is 10.9. The molecule has 4 aromatic carbocycles. The van der Waals surface area contributed by atoms with Crippen LogP contribution in [0.4, 0.5) is 0 Å². The topological polar surface area (TPSA) is 328 Å². The number of halogens is 4. The van der Waals surface area contributed by atoms with Crippen molar-refractivity contribution in [1.29, 1.82) is 0 Å². The van der Waals surface area contributed by atoms with E-state index in [9.17, 15) is 19.2 Å². The molecule has 4 aromatic rings. The van der Waals surface area contributed by atoms with Crippen LogP contribution in [0.5, 0.6) is 23.0 Å². The van der Waals surface area contributed by atoms with Crippen molar-refractivity contribution in [3.05, 3.63) is 97.1 Å². The predicted octanol–water partition coefficient (Wildman–Crippen LogP) is 2.97. The van der Waals surface area contributed by atoms with E-state index in [0.717, 1.165) is 0 Å². The maximum absolute atomic E-state index is 10.9. The number of esters is 4. The van der Waals surface area contributed by atoms with Crippen molar-refractivity contribution in [2.24, 2.45) is 0 Å². The summed E-state index contributed by atoms with van der Waals surface area (Å²) in [5.41, 5.74) is 0. The molecule has 0 aliphatic carbocycles. The summed E-state index contributed by atoms with van der Waals surface area (Å²) in [7, 11) is 14.4. The van der Waals surface area contributed by atoms with Gasteiger partial charge in [0.05, 0.1) is 50.4 Å². The first-order valence-electron chi connectivity index (χ1n) is 16.2. The Bertz CT molecular complexity index is 2180. The van der Waals surface area contributed by atoms with Gasteiger partial charge in [0.15, 0.2) is 0 Å². The van der Waals surface area contributed by atoms with Gasteiger partial charge in [-0.25, -0.2) is 0 Å². The molecular weight excluding hydrogens is 1150 g/mol. The molecule has 0 atom stereocenters. The number of ether oxygens (including phenoxy) is 4. The van der Waals surface area contributed by atoms with Gasteiger partial charge in [-0.3, -0.25) is 19.2 Å². The number of carbonyl (C=O) groups is 4. The fourth-order valence-electron chi connectivity index (χ4n) is 4.09. The van der Waals surface area contributed by atoms with Gasteiger partial charge in [0.2, 0.25) is 0 Å². The SMILES string of the molecule is CC(=O)Oc1ccc([PH+](C)c2ccc(OC(C)=O)cc2)cc1.CC(=O)Oc1ccc([PH+](C)c2ccc(OC(C)=O)cc2)cc1.[O]=[Mn](=[O])([O-])[Cl].[O]=[Mn](=[O])([O-])[Cl].[O]=[Mn](=[O])([OH])[Cl].[O]=[Mn](=[O])([OH])[Cl]. The Morgan fingerprint density at radius 1 is 0.406 bits per heavy atom. The molecule has 0 unspecified atom stereocenters. The molecule has 0 spiro atoms. The third-order valence-electron chi connectivity index (χ3n) is 6.20. The van der Waals surface area contributed by atoms with E-state index < -0.39 is 64.4 Å². The van der Waals surface area contributed by atoms with Crippen LogP contribution in [0.3, 0.4) is 0 Å². The molecule has 0 bridgehead atoms. The first kappa shape index (κ1) is 63.2. The summed E-state index contributed by atoms with van der Waals surface area (Å²) < 4.78 is 124. The zero-order chi connectivity index (χ0) is 50.2. The second-order valence-electron chi connectivity index (χ2n) is 11.2. The van der Waals surface area contributed by atoms with Crippen molar-refractivity contribution in [2.75, 3.05) is 13.3 Å². The molecule has 0 amide bonds. The summed E-state index contributed by atoms with van der Waals surface area (Å²) in [6, 6.07) is 30.3. The molecule has 20 nitrogen and oxygen atoms in total. The number of benzene rings is 4. The first-order chi connectivity index (χ1) is 28.9. The molecule has 64 heavy (non-hydrogen) atoms. The van der Waals surface area contributed by atoms with Crippen LogP contribution in [-0.2, 0) is 98.4 Å². The molecule has 0 aliphatic rings. The van der Waals surface area contributed by atoms with Crippen LogP contribution in [0, 0.1) is 0 Å². The molecule has 0 heterocycles. The fraction of sp³-hybridized carbons (Fsp3) is 0.176. The van der Waals surface area contributed by atoms with Crippen LogP contribution in [0.15, 0.2) is 97.1 Å². The van der Waals surface area contributed by atoms with E-state index in [4.69, 9.17) is 66.4 Å². The van der Waals surface area contributed by atoms with Crippen LogP contribution >= 0.6 is 56.2 Å². The average Bonchev–Trinajstić information content (AvgIpc) is 3.09. The van der Waals surface area contributed by atoms with Gasteiger partial charge in [-0.2, -0.15) is 0 Å². The second-order valence-corrected chi connectivity index (χ2v) is 26.5. The van der Waals surface area contributed by atoms with E-state index in [0.29, 0.717) is 23.0 Å². The van der Waals surface area contributed by atoms with Crippen molar-refractivity contribution in [2.45, 2.75) is 27.7 Å². The fourth-order valence-corrected chi connectivity index (χ4v) is 7.42. The van der Waals surface area contributed by atoms with Gasteiger partial charge in [-0.1, -0.05) is 0 Å². The van der Waals surface area contributed by atoms with Crippen molar-refractivity contribution < 1.29 is 134 Å². The van der Waals surface area contributed by atoms with E-state index in [1.165, 1.54) is 48.9 Å². The normalized spacial score (nSPS) is 10.8. The minimum absolute atomic E-state index is 0.323. The molecule has 4 rings (SSSR count). The number of hydrogen-bond acceptors (Lipinski definition) is 18. The summed E-state index contributed by atoms with van der Waals surface area (Å²) >= 11 is -19.1. The van der Waals surface area contributed by atoms with Gasteiger partial charge in [-0.05, 0) is 97.1 Å². The molecule has 0 saturated heterocycles. The second kappa shape index (κ2) is 30.4. The Hall–Kier alpha value is -2.90.